The van der Waals surface area contributed by atoms with Gasteiger partial charge >= 0.3 is 5.97 Å². The molecule has 0 saturated carbocycles. The number of carbonyl (C=O) groups excluding carboxylic acids is 1. The van der Waals surface area contributed by atoms with Gasteiger partial charge in [0.2, 0.25) is 5.91 Å². The molecular weight excluding hydrogens is 266 g/mol. The first kappa shape index (κ1) is 15.5. The van der Waals surface area contributed by atoms with Crippen molar-refractivity contribution in [1.82, 2.24) is 5.32 Å². The lowest BCUT2D eigenvalue weighted by molar-refractivity contribution is -0.152. The molecule has 1 amide bonds. The average Bonchev–Trinajstić information content (AvgIpc) is 2.81. The molecule has 4 heteroatoms. The van der Waals surface area contributed by atoms with Crippen molar-refractivity contribution in [2.75, 3.05) is 0 Å². The van der Waals surface area contributed by atoms with Gasteiger partial charge in [-0.25, -0.2) is 0 Å². The van der Waals surface area contributed by atoms with Crippen LogP contribution < -0.4 is 5.32 Å². The molecule has 4 nitrogen and oxygen atoms in total. The average molecular weight is 289 g/mol. The highest BCUT2D eigenvalue weighted by atomic mass is 16.4. The molecule has 0 aromatic heterocycles. The van der Waals surface area contributed by atoms with Crippen LogP contribution in [0.1, 0.15) is 38.8 Å². The highest BCUT2D eigenvalue weighted by Crippen LogP contribution is 2.32. The first-order valence-electron chi connectivity index (χ1n) is 7.27. The van der Waals surface area contributed by atoms with Crippen LogP contribution in [0.4, 0.5) is 0 Å². The van der Waals surface area contributed by atoms with E-state index in [1.165, 1.54) is 11.1 Å². The summed E-state index contributed by atoms with van der Waals surface area (Å²) in [5, 5.41) is 12.3. The predicted octanol–water partition coefficient (Wildman–Crippen LogP) is 2.41. The molecule has 0 heterocycles. The van der Waals surface area contributed by atoms with Gasteiger partial charge in [-0.2, -0.15) is 0 Å². The number of fused-ring (bicyclic) bond motifs is 1. The zero-order chi connectivity index (χ0) is 15.8. The molecule has 1 aliphatic carbocycles. The number of carboxylic acid groups (broad SMARTS) is 1. The fourth-order valence-corrected chi connectivity index (χ4v) is 2.58. The van der Waals surface area contributed by atoms with Crippen LogP contribution in [0.15, 0.2) is 24.3 Å². The van der Waals surface area contributed by atoms with Crippen molar-refractivity contribution >= 4 is 11.9 Å². The summed E-state index contributed by atoms with van der Waals surface area (Å²) in [6, 6.07) is 8.07. The maximum atomic E-state index is 12.5. The van der Waals surface area contributed by atoms with Crippen LogP contribution in [0.3, 0.4) is 0 Å². The van der Waals surface area contributed by atoms with E-state index in [0.29, 0.717) is 0 Å². The van der Waals surface area contributed by atoms with Crippen LogP contribution in [0, 0.1) is 11.3 Å². The predicted molar refractivity (Wildman–Crippen MR) is 81.0 cm³/mol. The van der Waals surface area contributed by atoms with E-state index in [0.717, 1.165) is 12.8 Å². The van der Waals surface area contributed by atoms with Gasteiger partial charge in [0.05, 0.1) is 5.41 Å². The third-order valence-electron chi connectivity index (χ3n) is 4.95. The van der Waals surface area contributed by atoms with Gasteiger partial charge in [-0.3, -0.25) is 9.59 Å². The van der Waals surface area contributed by atoms with Crippen molar-refractivity contribution in [3.05, 3.63) is 35.4 Å². The normalized spacial score (nSPS) is 15.6. The molecule has 0 fully saturated rings. The number of amides is 1. The Bertz CT molecular complexity index is 550. The second-order valence-corrected chi connectivity index (χ2v) is 6.92. The van der Waals surface area contributed by atoms with E-state index >= 15 is 0 Å². The van der Waals surface area contributed by atoms with E-state index in [1.807, 2.05) is 12.1 Å². The first-order chi connectivity index (χ1) is 9.65. The molecule has 1 aromatic carbocycles. The fourth-order valence-electron chi connectivity index (χ4n) is 2.58. The zero-order valence-electron chi connectivity index (χ0n) is 13.1. The van der Waals surface area contributed by atoms with E-state index in [-0.39, 0.29) is 11.8 Å². The van der Waals surface area contributed by atoms with E-state index in [2.05, 4.69) is 17.4 Å². The first-order valence-corrected chi connectivity index (χ1v) is 7.27. The lowest BCUT2D eigenvalue weighted by atomic mass is 9.74. The Balaban J connectivity index is 2.08. The molecule has 2 N–H and O–H groups in total. The Hall–Kier alpha value is -1.84. The second kappa shape index (κ2) is 5.17. The van der Waals surface area contributed by atoms with Crippen LogP contribution in [-0.2, 0) is 22.4 Å². The van der Waals surface area contributed by atoms with Gasteiger partial charge in [0.1, 0.15) is 0 Å². The molecule has 2 rings (SSSR count). The number of carboxylic acids is 1. The maximum absolute atomic E-state index is 12.5. The number of hydrogen-bond donors (Lipinski definition) is 2. The summed E-state index contributed by atoms with van der Waals surface area (Å²) in [6.07, 6.45) is 1.46. The minimum atomic E-state index is -1.03. The van der Waals surface area contributed by atoms with Gasteiger partial charge < -0.3 is 10.4 Å². The molecule has 114 valence electrons. The standard InChI is InChI=1S/C17H23NO3/c1-16(2,15(20)21)17(3,4)18-14(19)13-9-11-7-5-6-8-12(11)10-13/h5-8,13H,9-10H2,1-4H3,(H,18,19)(H,20,21). The maximum Gasteiger partial charge on any atom is 0.311 e. The summed E-state index contributed by atoms with van der Waals surface area (Å²) in [7, 11) is 0. The number of aliphatic carboxylic acids is 1. The van der Waals surface area contributed by atoms with Crippen molar-refractivity contribution in [2.45, 2.75) is 46.1 Å². The zero-order valence-corrected chi connectivity index (χ0v) is 13.1. The minimum Gasteiger partial charge on any atom is -0.481 e. The summed E-state index contributed by atoms with van der Waals surface area (Å²) in [6.45, 7) is 6.81. The van der Waals surface area contributed by atoms with Crippen molar-refractivity contribution < 1.29 is 14.7 Å². The van der Waals surface area contributed by atoms with Crippen LogP contribution in [0.5, 0.6) is 0 Å². The highest BCUT2D eigenvalue weighted by molar-refractivity contribution is 5.83. The Kier molecular flexibility index (Phi) is 3.83. The molecule has 0 aliphatic heterocycles. The number of rotatable bonds is 4. The van der Waals surface area contributed by atoms with Crippen LogP contribution in [-0.4, -0.2) is 22.5 Å². The van der Waals surface area contributed by atoms with Crippen molar-refractivity contribution in [3.63, 3.8) is 0 Å². The monoisotopic (exact) mass is 289 g/mol. The lowest BCUT2D eigenvalue weighted by Gasteiger charge is -2.39. The highest BCUT2D eigenvalue weighted by Gasteiger charge is 2.45. The molecule has 1 aromatic rings. The number of carbonyl (C=O) groups is 2. The third kappa shape index (κ3) is 2.80. The number of nitrogens with one attached hydrogen (secondary N) is 1. The molecule has 0 saturated heterocycles. The number of hydrogen-bond acceptors (Lipinski definition) is 2. The molecular formula is C17H23NO3. The number of benzene rings is 1. The van der Waals surface area contributed by atoms with Crippen molar-refractivity contribution in [2.24, 2.45) is 11.3 Å². The quantitative estimate of drug-likeness (QED) is 0.894. The topological polar surface area (TPSA) is 66.4 Å². The van der Waals surface area contributed by atoms with E-state index < -0.39 is 16.9 Å². The molecule has 1 aliphatic rings. The van der Waals surface area contributed by atoms with E-state index in [1.54, 1.807) is 27.7 Å². The Labute approximate surface area is 125 Å². The van der Waals surface area contributed by atoms with Gasteiger partial charge in [-0.15, -0.1) is 0 Å². The summed E-state index contributed by atoms with van der Waals surface area (Å²) < 4.78 is 0. The summed E-state index contributed by atoms with van der Waals surface area (Å²) >= 11 is 0. The third-order valence-corrected chi connectivity index (χ3v) is 4.95. The van der Waals surface area contributed by atoms with E-state index in [4.69, 9.17) is 0 Å². The van der Waals surface area contributed by atoms with Gasteiger partial charge in [-0.1, -0.05) is 24.3 Å². The van der Waals surface area contributed by atoms with Crippen LogP contribution in [0.25, 0.3) is 0 Å². The second-order valence-electron chi connectivity index (χ2n) is 6.92. The van der Waals surface area contributed by atoms with Crippen molar-refractivity contribution in [1.29, 1.82) is 0 Å². The Morgan fingerprint density at radius 3 is 2.00 bits per heavy atom. The lowest BCUT2D eigenvalue weighted by Crippen LogP contribution is -2.58. The van der Waals surface area contributed by atoms with Gasteiger partial charge in [-0.05, 0) is 51.7 Å². The van der Waals surface area contributed by atoms with Gasteiger partial charge in [0, 0.05) is 11.5 Å². The minimum absolute atomic E-state index is 0.0643. The summed E-state index contributed by atoms with van der Waals surface area (Å²) in [5.74, 6) is -1.08. The largest absolute Gasteiger partial charge is 0.481 e. The van der Waals surface area contributed by atoms with Gasteiger partial charge in [0.15, 0.2) is 0 Å². The molecule has 21 heavy (non-hydrogen) atoms. The molecule has 0 spiro atoms. The fraction of sp³-hybridized carbons (Fsp3) is 0.529. The Morgan fingerprint density at radius 2 is 1.57 bits per heavy atom. The summed E-state index contributed by atoms with van der Waals surface area (Å²) in [4.78, 5) is 23.9. The molecule has 0 bridgehead atoms. The van der Waals surface area contributed by atoms with Crippen LogP contribution in [0.2, 0.25) is 0 Å². The summed E-state index contributed by atoms with van der Waals surface area (Å²) in [5.41, 5.74) is 0.583. The van der Waals surface area contributed by atoms with Crippen molar-refractivity contribution in [3.8, 4) is 0 Å². The van der Waals surface area contributed by atoms with Crippen LogP contribution >= 0.6 is 0 Å². The Morgan fingerprint density at radius 1 is 1.10 bits per heavy atom. The SMILES string of the molecule is CC(C)(NC(=O)C1Cc2ccccc2C1)C(C)(C)C(=O)O. The molecule has 0 unspecified atom stereocenters. The van der Waals surface area contributed by atoms with Gasteiger partial charge in [0.25, 0.3) is 0 Å². The molecule has 0 atom stereocenters. The van der Waals surface area contributed by atoms with E-state index in [9.17, 15) is 14.7 Å². The molecule has 0 radical (unpaired) electrons. The smallest absolute Gasteiger partial charge is 0.311 e.